The average Bonchev–Trinajstić information content (AvgIpc) is 1.51. The number of nitrogens with zero attached hydrogens (tertiary/aromatic N) is 13. The summed E-state index contributed by atoms with van der Waals surface area (Å²) in [5.41, 5.74) is 16.7. The van der Waals surface area contributed by atoms with Crippen molar-refractivity contribution in [2.45, 2.75) is 180 Å². The molecule has 2 amide bonds. The summed E-state index contributed by atoms with van der Waals surface area (Å²) in [5.74, 6) is 1.43. The van der Waals surface area contributed by atoms with E-state index < -0.39 is 11.2 Å². The molecule has 8 fully saturated rings. The van der Waals surface area contributed by atoms with E-state index in [1.807, 2.05) is 160 Å². The number of nitrogen functional groups attached to an aromatic ring is 1. The normalized spacial score (nSPS) is 20.6. The molecule has 5 saturated heterocycles. The summed E-state index contributed by atoms with van der Waals surface area (Å²) >= 11 is 3.61. The van der Waals surface area contributed by atoms with Crippen LogP contribution in [0.15, 0.2) is 187 Å². The Hall–Kier alpha value is -11.3. The number of piperidine rings is 3. The number of nitrogens with two attached hydrogens (primary N) is 1. The molecule has 624 valence electrons. The number of halogens is 1. The fourth-order valence-electron chi connectivity index (χ4n) is 16.7. The number of aromatic nitrogens is 12. The Morgan fingerprint density at radius 1 is 0.492 bits per heavy atom. The fourth-order valence-corrected chi connectivity index (χ4v) is 17.1. The summed E-state index contributed by atoms with van der Waals surface area (Å²) in [5, 5.41) is 31.0. The lowest BCUT2D eigenvalue weighted by Gasteiger charge is -2.39. The van der Waals surface area contributed by atoms with Crippen molar-refractivity contribution in [2.75, 3.05) is 68.8 Å². The number of rotatable bonds is 15. The highest BCUT2D eigenvalue weighted by molar-refractivity contribution is 9.10. The molecule has 5 unspecified atom stereocenters. The highest BCUT2D eigenvalue weighted by Gasteiger charge is 2.56. The first kappa shape index (κ1) is 81.1. The topological polar surface area (TPSA) is 309 Å². The standard InChI is InChI=1S/C34H40N6O4.C28H34BrN5O4.C24H24N6O.C6H7N/c1-33(2,3)44-32(41)39-17-16-34(14-15-34)28(22-39)43-29-21-35-20-26(37-29)31-25-19-24(36-23-9-5-4-6-10-23)12-13-27(25)40(38-31)30-11-7-8-18-42-30;1-27(2,3)38-26(35)33-12-11-28(9-10-28)22(17-33)37-23-16-30-15-20(31-23)25-19-14-18(29)7-8-21(19)34(32-25)24-6-4-5-13-36-24;1-2-4-16(5-3-1)27-17-6-7-19-18(12-17)23(30-29-19)20-13-26-15-22(28-20)31-21-14-25-11-10-24(21)8-9-24;7-6-4-2-1-3-5-6/h4-6,9-10,12-13,19-21,28,30,36H,7-8,11,14-18,22H2,1-3H3;7-8,14-16,22,24H,4-6,9-13,17H2,1-3H3;1-7,12-13,15,21,25,27H,8-11,14H2,(H,29,30);1-5H,7H2. The number of amides is 2. The molecule has 5 aliphatic heterocycles. The molecule has 6 aromatic heterocycles. The number of hydrogen-bond acceptors (Lipinski definition) is 22. The Bertz CT molecular complexity index is 5560. The van der Waals surface area contributed by atoms with Gasteiger partial charge < -0.3 is 64.6 Å². The average molecular weight is 1690 g/mol. The lowest BCUT2D eigenvalue weighted by Crippen LogP contribution is -2.51. The zero-order valence-electron chi connectivity index (χ0n) is 68.9. The van der Waals surface area contributed by atoms with Crippen LogP contribution in [0.25, 0.3) is 66.9 Å². The van der Waals surface area contributed by atoms with Gasteiger partial charge in [0, 0.05) is 98.2 Å². The van der Waals surface area contributed by atoms with Gasteiger partial charge in [-0.15, -0.1) is 0 Å². The van der Waals surface area contributed by atoms with E-state index >= 15 is 0 Å². The molecule has 3 aliphatic carbocycles. The molecule has 6 N–H and O–H groups in total. The van der Waals surface area contributed by atoms with E-state index in [-0.39, 0.29) is 53.8 Å². The van der Waals surface area contributed by atoms with Crippen LogP contribution >= 0.6 is 15.9 Å². The molecule has 120 heavy (non-hydrogen) atoms. The lowest BCUT2D eigenvalue weighted by molar-refractivity contribution is -0.0366. The fraction of sp³-hybridized carbons (Fsp3) is 0.424. The summed E-state index contributed by atoms with van der Waals surface area (Å²) in [6.45, 7) is 17.0. The molecule has 20 rings (SSSR count). The van der Waals surface area contributed by atoms with Crippen molar-refractivity contribution in [3.05, 3.63) is 187 Å². The van der Waals surface area contributed by atoms with Gasteiger partial charge in [-0.1, -0.05) is 70.5 Å². The van der Waals surface area contributed by atoms with Crippen molar-refractivity contribution in [3.8, 4) is 51.8 Å². The first-order valence-electron chi connectivity index (χ1n) is 42.2. The van der Waals surface area contributed by atoms with E-state index in [0.717, 1.165) is 186 Å². The summed E-state index contributed by atoms with van der Waals surface area (Å²) in [4.78, 5) is 57.1. The third-order valence-corrected chi connectivity index (χ3v) is 24.3. The second-order valence-corrected chi connectivity index (χ2v) is 35.7. The maximum atomic E-state index is 12.9. The van der Waals surface area contributed by atoms with Gasteiger partial charge in [-0.3, -0.25) is 20.1 Å². The van der Waals surface area contributed by atoms with Crippen LogP contribution in [-0.4, -0.2) is 164 Å². The maximum absolute atomic E-state index is 12.9. The van der Waals surface area contributed by atoms with Gasteiger partial charge in [0.05, 0.1) is 66.8 Å². The van der Waals surface area contributed by atoms with Gasteiger partial charge in [0.2, 0.25) is 17.6 Å². The van der Waals surface area contributed by atoms with Crippen LogP contribution in [-0.2, 0) is 18.9 Å². The number of ether oxygens (including phenoxy) is 7. The molecule has 28 heteroatoms. The van der Waals surface area contributed by atoms with Gasteiger partial charge in [-0.05, 0) is 235 Å². The quantitative estimate of drug-likeness (QED) is 0.0596. The Morgan fingerprint density at radius 2 is 0.933 bits per heavy atom. The van der Waals surface area contributed by atoms with Crippen LogP contribution in [0, 0.1) is 16.2 Å². The van der Waals surface area contributed by atoms with Crippen molar-refractivity contribution in [1.82, 2.24) is 74.8 Å². The Balaban J connectivity index is 0.000000125. The highest BCUT2D eigenvalue weighted by atomic mass is 79.9. The number of hydrogen-bond donors (Lipinski definition) is 5. The smallest absolute Gasteiger partial charge is 0.410 e. The van der Waals surface area contributed by atoms with E-state index in [2.05, 4.69) is 93.4 Å². The number of H-pyrrole nitrogens is 1. The number of anilines is 5. The van der Waals surface area contributed by atoms with Gasteiger partial charge in [-0.25, -0.2) is 33.9 Å². The van der Waals surface area contributed by atoms with Crippen molar-refractivity contribution in [1.29, 1.82) is 0 Å². The van der Waals surface area contributed by atoms with Crippen LogP contribution in [0.5, 0.6) is 17.6 Å². The molecule has 0 radical (unpaired) electrons. The maximum Gasteiger partial charge on any atom is 0.410 e. The first-order chi connectivity index (χ1) is 58.2. The molecular formula is C92H105BrN18O9. The molecule has 8 aliphatic rings. The van der Waals surface area contributed by atoms with E-state index in [0.29, 0.717) is 66.3 Å². The number of carbonyl (C=O) groups excluding carboxylic acids is 2. The van der Waals surface area contributed by atoms with Crippen molar-refractivity contribution in [2.24, 2.45) is 16.2 Å². The zero-order valence-corrected chi connectivity index (χ0v) is 70.5. The third-order valence-electron chi connectivity index (χ3n) is 23.8. The summed E-state index contributed by atoms with van der Waals surface area (Å²) in [6.07, 6.45) is 25.2. The second kappa shape index (κ2) is 34.8. The van der Waals surface area contributed by atoms with Gasteiger partial charge in [0.1, 0.15) is 63.7 Å². The van der Waals surface area contributed by atoms with Gasteiger partial charge >= 0.3 is 12.2 Å². The largest absolute Gasteiger partial charge is 0.471 e. The van der Waals surface area contributed by atoms with Crippen LogP contribution in [0.1, 0.15) is 150 Å². The van der Waals surface area contributed by atoms with Gasteiger partial charge in [0.25, 0.3) is 0 Å². The van der Waals surface area contributed by atoms with Gasteiger partial charge in [0.15, 0.2) is 12.5 Å². The summed E-state index contributed by atoms with van der Waals surface area (Å²) < 4.78 is 47.7. The Morgan fingerprint density at radius 3 is 1.39 bits per heavy atom. The minimum absolute atomic E-state index is 0.0702. The van der Waals surface area contributed by atoms with E-state index in [1.54, 1.807) is 47.0 Å². The molecule has 3 saturated carbocycles. The number of fused-ring (bicyclic) bond motifs is 3. The van der Waals surface area contributed by atoms with Crippen molar-refractivity contribution < 1.29 is 42.7 Å². The number of aromatic amines is 1. The minimum atomic E-state index is -0.548. The number of carbonyl (C=O) groups is 2. The lowest BCUT2D eigenvalue weighted by atomic mass is 9.90. The summed E-state index contributed by atoms with van der Waals surface area (Å²) in [7, 11) is 0. The predicted octanol–water partition coefficient (Wildman–Crippen LogP) is 18.8. The monoisotopic (exact) mass is 1680 g/mol. The molecule has 11 heterocycles. The molecular weight excluding hydrogens is 1580 g/mol. The molecule has 6 aromatic carbocycles. The van der Waals surface area contributed by atoms with Gasteiger partial charge in [-0.2, -0.15) is 15.3 Å². The van der Waals surface area contributed by atoms with E-state index in [1.165, 1.54) is 19.3 Å². The molecule has 0 bridgehead atoms. The Kier molecular flexibility index (Phi) is 23.5. The van der Waals surface area contributed by atoms with E-state index in [9.17, 15) is 9.59 Å². The Labute approximate surface area is 706 Å². The first-order valence-corrected chi connectivity index (χ1v) is 42.9. The molecule has 5 atom stereocenters. The van der Waals surface area contributed by atoms with Crippen LogP contribution in [0.4, 0.5) is 38.0 Å². The van der Waals surface area contributed by atoms with Crippen LogP contribution < -0.4 is 35.9 Å². The third kappa shape index (κ3) is 19.1. The van der Waals surface area contributed by atoms with Crippen molar-refractivity contribution >= 4 is 89.3 Å². The molecule has 27 nitrogen and oxygen atoms in total. The number of para-hydroxylation sites is 3. The van der Waals surface area contributed by atoms with Crippen LogP contribution in [0.3, 0.4) is 0 Å². The zero-order chi connectivity index (χ0) is 82.6. The molecule has 3 spiro atoms. The minimum Gasteiger partial charge on any atom is -0.471 e. The number of likely N-dealkylation sites (tertiary alicyclic amines) is 2. The summed E-state index contributed by atoms with van der Waals surface area (Å²) in [6, 6.07) is 48.3. The van der Waals surface area contributed by atoms with Crippen molar-refractivity contribution in [3.63, 3.8) is 0 Å². The number of benzene rings is 6. The molecule has 12 aromatic rings. The second-order valence-electron chi connectivity index (χ2n) is 34.8. The predicted molar refractivity (Wildman–Crippen MR) is 465 cm³/mol. The highest BCUT2D eigenvalue weighted by Crippen LogP contribution is 2.57. The van der Waals surface area contributed by atoms with Crippen LogP contribution in [0.2, 0.25) is 0 Å². The SMILES string of the molecule is CC(C)(C)OC(=O)N1CCC2(CC2)C(Oc2cncc(-c3nn(C4CCCCO4)c4ccc(Br)cc34)n2)C1.CC(C)(C)OC(=O)N1CCC2(CC2)C(Oc2cncc(-c3nn(C4CCCCO4)c4ccc(Nc5ccccc5)cc34)n2)C1.Nc1ccccc1.c1ccc(Nc2ccc3[nH]nc(-c4cncc(OC5CNCCC56CC6)n4)c3c2)cc1. The number of nitrogens with one attached hydrogen (secondary N) is 4. The van der Waals surface area contributed by atoms with E-state index in [4.69, 9.17) is 64.0 Å².